The number of hydrogen-bond acceptors (Lipinski definition) is 2. The van der Waals surface area contributed by atoms with Gasteiger partial charge in [0, 0.05) is 16.3 Å². The van der Waals surface area contributed by atoms with Crippen LogP contribution in [-0.2, 0) is 0 Å². The number of aromatic nitrogens is 2. The lowest BCUT2D eigenvalue weighted by molar-refractivity contribution is 1.05. The monoisotopic (exact) mass is 154 g/mol. The van der Waals surface area contributed by atoms with Crippen molar-refractivity contribution in [1.29, 1.82) is 0 Å². The molecule has 1 aromatic heterocycles. The van der Waals surface area contributed by atoms with Gasteiger partial charge in [0.1, 0.15) is 0 Å². The molecule has 0 amide bonds. The summed E-state index contributed by atoms with van der Waals surface area (Å²) in [5.74, 6) is 2.60. The van der Waals surface area contributed by atoms with Crippen molar-refractivity contribution < 1.29 is 0 Å². The molecule has 1 heterocycles. The highest BCUT2D eigenvalue weighted by Gasteiger charge is 1.96. The molecule has 0 unspecified atom stereocenters. The van der Waals surface area contributed by atoms with E-state index in [-0.39, 0.29) is 0 Å². The number of hydrogen-bond donors (Lipinski definition) is 0. The number of fused-ring (bicyclic) bond motifs is 1. The maximum absolute atomic E-state index is 5.32. The molecular formula is C10H6N2. The molecule has 0 saturated carbocycles. The average Bonchev–Trinajstić information content (AvgIpc) is 2.17. The summed E-state index contributed by atoms with van der Waals surface area (Å²) in [4.78, 5) is 0. The Morgan fingerprint density at radius 1 is 1.17 bits per heavy atom. The van der Waals surface area contributed by atoms with E-state index in [4.69, 9.17) is 6.42 Å². The highest BCUT2D eigenvalue weighted by molar-refractivity contribution is 5.86. The molecule has 2 aromatic rings. The third-order valence-electron chi connectivity index (χ3n) is 1.75. The zero-order valence-electron chi connectivity index (χ0n) is 6.36. The smallest absolute Gasteiger partial charge is 0.0587 e. The number of rotatable bonds is 0. The molecule has 2 heteroatoms. The predicted octanol–water partition coefficient (Wildman–Crippen LogP) is 1.61. The van der Waals surface area contributed by atoms with Crippen molar-refractivity contribution in [3.8, 4) is 12.3 Å². The molecule has 0 N–H and O–H groups in total. The summed E-state index contributed by atoms with van der Waals surface area (Å²) in [6, 6.07) is 5.77. The summed E-state index contributed by atoms with van der Waals surface area (Å²) in [6.45, 7) is 0. The average molecular weight is 154 g/mol. The van der Waals surface area contributed by atoms with Crippen molar-refractivity contribution in [2.45, 2.75) is 0 Å². The molecule has 0 aliphatic rings. The Bertz CT molecular complexity index is 449. The van der Waals surface area contributed by atoms with Gasteiger partial charge in [-0.25, -0.2) is 0 Å². The second kappa shape index (κ2) is 2.63. The fourth-order valence-corrected chi connectivity index (χ4v) is 1.15. The van der Waals surface area contributed by atoms with Gasteiger partial charge in [-0.3, -0.25) is 0 Å². The molecule has 2 nitrogen and oxygen atoms in total. The van der Waals surface area contributed by atoms with Gasteiger partial charge in [0.05, 0.1) is 12.4 Å². The fourth-order valence-electron chi connectivity index (χ4n) is 1.15. The SMILES string of the molecule is C#Cc1cccc2cnncc12. The van der Waals surface area contributed by atoms with E-state index in [0.717, 1.165) is 16.3 Å². The summed E-state index contributed by atoms with van der Waals surface area (Å²) in [6.07, 6.45) is 8.71. The van der Waals surface area contributed by atoms with Crippen LogP contribution in [-0.4, -0.2) is 10.2 Å². The minimum Gasteiger partial charge on any atom is -0.158 e. The third-order valence-corrected chi connectivity index (χ3v) is 1.75. The van der Waals surface area contributed by atoms with Crippen LogP contribution in [0, 0.1) is 12.3 Å². The van der Waals surface area contributed by atoms with Crippen LogP contribution in [0.3, 0.4) is 0 Å². The van der Waals surface area contributed by atoms with Gasteiger partial charge in [-0.15, -0.1) is 6.42 Å². The van der Waals surface area contributed by atoms with Crippen LogP contribution in [0.4, 0.5) is 0 Å². The van der Waals surface area contributed by atoms with E-state index in [1.54, 1.807) is 12.4 Å². The summed E-state index contributed by atoms with van der Waals surface area (Å²) >= 11 is 0. The molecule has 0 fully saturated rings. The Morgan fingerprint density at radius 3 is 2.83 bits per heavy atom. The van der Waals surface area contributed by atoms with Crippen LogP contribution in [0.5, 0.6) is 0 Å². The zero-order valence-corrected chi connectivity index (χ0v) is 6.36. The standard InChI is InChI=1S/C10H6N2/c1-2-8-4-3-5-9-6-11-12-7-10(8)9/h1,3-7H. The van der Waals surface area contributed by atoms with E-state index < -0.39 is 0 Å². The highest BCUT2D eigenvalue weighted by atomic mass is 15.1. The maximum Gasteiger partial charge on any atom is 0.0587 e. The van der Waals surface area contributed by atoms with Gasteiger partial charge >= 0.3 is 0 Å². The van der Waals surface area contributed by atoms with Crippen molar-refractivity contribution in [3.63, 3.8) is 0 Å². The van der Waals surface area contributed by atoms with Crippen LogP contribution in [0.15, 0.2) is 30.6 Å². The van der Waals surface area contributed by atoms with E-state index in [1.807, 2.05) is 18.2 Å². The highest BCUT2D eigenvalue weighted by Crippen LogP contribution is 2.14. The molecule has 0 spiro atoms. The molecule has 0 aliphatic heterocycles. The number of terminal acetylenes is 1. The van der Waals surface area contributed by atoms with Gasteiger partial charge in [0.15, 0.2) is 0 Å². The fraction of sp³-hybridized carbons (Fsp3) is 0. The molecule has 0 atom stereocenters. The largest absolute Gasteiger partial charge is 0.158 e. The van der Waals surface area contributed by atoms with Gasteiger partial charge in [0.25, 0.3) is 0 Å². The first kappa shape index (κ1) is 6.81. The van der Waals surface area contributed by atoms with Crippen molar-refractivity contribution in [2.75, 3.05) is 0 Å². The lowest BCUT2D eigenvalue weighted by atomic mass is 10.1. The Labute approximate surface area is 70.2 Å². The van der Waals surface area contributed by atoms with Crippen molar-refractivity contribution >= 4 is 10.8 Å². The summed E-state index contributed by atoms with van der Waals surface area (Å²) in [7, 11) is 0. The van der Waals surface area contributed by atoms with Crippen LogP contribution in [0.1, 0.15) is 5.56 Å². The molecule has 2 rings (SSSR count). The quantitative estimate of drug-likeness (QED) is 0.539. The normalized spacial score (nSPS) is 9.58. The first-order chi connectivity index (χ1) is 5.92. The molecule has 0 radical (unpaired) electrons. The van der Waals surface area contributed by atoms with Gasteiger partial charge in [-0.05, 0) is 6.07 Å². The Kier molecular flexibility index (Phi) is 1.49. The Morgan fingerprint density at radius 2 is 2.00 bits per heavy atom. The minimum atomic E-state index is 0.863. The lowest BCUT2D eigenvalue weighted by Crippen LogP contribution is -1.83. The van der Waals surface area contributed by atoms with E-state index >= 15 is 0 Å². The van der Waals surface area contributed by atoms with Crippen molar-refractivity contribution in [2.24, 2.45) is 0 Å². The van der Waals surface area contributed by atoms with Crippen LogP contribution < -0.4 is 0 Å². The van der Waals surface area contributed by atoms with Crippen LogP contribution >= 0.6 is 0 Å². The molecule has 0 aliphatic carbocycles. The summed E-state index contributed by atoms with van der Waals surface area (Å²) in [5.41, 5.74) is 0.863. The Hall–Kier alpha value is -1.88. The van der Waals surface area contributed by atoms with Gasteiger partial charge in [0.2, 0.25) is 0 Å². The van der Waals surface area contributed by atoms with Crippen molar-refractivity contribution in [1.82, 2.24) is 10.2 Å². The maximum atomic E-state index is 5.32. The topological polar surface area (TPSA) is 25.8 Å². The third kappa shape index (κ3) is 0.923. The van der Waals surface area contributed by atoms with Gasteiger partial charge in [-0.1, -0.05) is 18.1 Å². The van der Waals surface area contributed by atoms with E-state index in [2.05, 4.69) is 16.1 Å². The number of benzene rings is 1. The second-order valence-corrected chi connectivity index (χ2v) is 2.44. The first-order valence-electron chi connectivity index (χ1n) is 3.58. The van der Waals surface area contributed by atoms with Crippen molar-refractivity contribution in [3.05, 3.63) is 36.2 Å². The van der Waals surface area contributed by atoms with E-state index in [9.17, 15) is 0 Å². The molecule has 56 valence electrons. The van der Waals surface area contributed by atoms with E-state index in [1.165, 1.54) is 0 Å². The van der Waals surface area contributed by atoms with E-state index in [0.29, 0.717) is 0 Å². The molecule has 1 aromatic carbocycles. The summed E-state index contributed by atoms with van der Waals surface area (Å²) < 4.78 is 0. The molecule has 12 heavy (non-hydrogen) atoms. The molecular weight excluding hydrogens is 148 g/mol. The molecule has 0 saturated heterocycles. The number of nitrogens with zero attached hydrogens (tertiary/aromatic N) is 2. The first-order valence-corrected chi connectivity index (χ1v) is 3.58. The Balaban J connectivity index is 2.91. The van der Waals surface area contributed by atoms with Crippen LogP contribution in [0.2, 0.25) is 0 Å². The second-order valence-electron chi connectivity index (χ2n) is 2.44. The van der Waals surface area contributed by atoms with Gasteiger partial charge < -0.3 is 0 Å². The minimum absolute atomic E-state index is 0.863. The van der Waals surface area contributed by atoms with Gasteiger partial charge in [-0.2, -0.15) is 10.2 Å². The molecule has 0 bridgehead atoms. The predicted molar refractivity (Wildman–Crippen MR) is 47.5 cm³/mol. The zero-order chi connectivity index (χ0) is 8.39. The summed E-state index contributed by atoms with van der Waals surface area (Å²) in [5, 5.41) is 9.56. The van der Waals surface area contributed by atoms with Crippen LogP contribution in [0.25, 0.3) is 10.8 Å². The lowest BCUT2D eigenvalue weighted by Gasteiger charge is -1.96.